The van der Waals surface area contributed by atoms with Crippen LogP contribution in [0.1, 0.15) is 66.6 Å². The number of rotatable bonds is 6. The summed E-state index contributed by atoms with van der Waals surface area (Å²) < 4.78 is 1.83. The number of carbonyl (C=O) groups excluding carboxylic acids is 2. The zero-order valence-electron chi connectivity index (χ0n) is 20.1. The Morgan fingerprint density at radius 1 is 1.06 bits per heavy atom. The van der Waals surface area contributed by atoms with Gasteiger partial charge in [0.1, 0.15) is 12.4 Å². The first-order valence-corrected chi connectivity index (χ1v) is 10.8. The van der Waals surface area contributed by atoms with Crippen LogP contribution in [0.25, 0.3) is 0 Å². The quantitative estimate of drug-likeness (QED) is 0.713. The summed E-state index contributed by atoms with van der Waals surface area (Å²) in [7, 11) is 0. The third-order valence-electron chi connectivity index (χ3n) is 4.87. The number of amides is 3. The first-order valence-electron chi connectivity index (χ1n) is 10.8. The third kappa shape index (κ3) is 6.84. The van der Waals surface area contributed by atoms with Crippen molar-refractivity contribution in [1.29, 1.82) is 0 Å². The molecule has 3 amide bonds. The van der Waals surface area contributed by atoms with Crippen LogP contribution in [0, 0.1) is 0 Å². The van der Waals surface area contributed by atoms with Crippen molar-refractivity contribution in [3.63, 3.8) is 0 Å². The molecule has 170 valence electrons. The van der Waals surface area contributed by atoms with E-state index in [1.54, 1.807) is 0 Å². The molecule has 7 nitrogen and oxygen atoms in total. The first kappa shape index (κ1) is 24.4. The van der Waals surface area contributed by atoms with Gasteiger partial charge in [-0.05, 0) is 40.2 Å². The van der Waals surface area contributed by atoms with Crippen molar-refractivity contribution in [3.8, 4) is 0 Å². The molecule has 1 heterocycles. The third-order valence-corrected chi connectivity index (χ3v) is 4.87. The average Bonchev–Trinajstić information content (AvgIpc) is 3.09. The molecule has 0 saturated heterocycles. The molecule has 0 saturated carbocycles. The van der Waals surface area contributed by atoms with Gasteiger partial charge in [-0.1, -0.05) is 51.1 Å². The lowest BCUT2D eigenvalue weighted by atomic mass is 9.92. The number of benzene rings is 1. The Balaban J connectivity index is 2.11. The number of aromatic nitrogens is 2. The summed E-state index contributed by atoms with van der Waals surface area (Å²) in [6, 6.07) is 11.2. The van der Waals surface area contributed by atoms with Crippen molar-refractivity contribution < 1.29 is 9.59 Å². The molecule has 0 radical (unpaired) electrons. The number of nitrogens with one attached hydrogen (secondary N) is 2. The highest BCUT2D eigenvalue weighted by Crippen LogP contribution is 2.28. The average molecular weight is 428 g/mol. The molecule has 1 aromatic heterocycles. The Labute approximate surface area is 186 Å². The van der Waals surface area contributed by atoms with Gasteiger partial charge in [-0.3, -0.25) is 4.79 Å². The summed E-state index contributed by atoms with van der Waals surface area (Å²) in [6.45, 7) is 16.6. The van der Waals surface area contributed by atoms with Crippen LogP contribution in [0.15, 0.2) is 36.4 Å². The van der Waals surface area contributed by atoms with E-state index in [0.29, 0.717) is 12.4 Å². The molecule has 0 unspecified atom stereocenters. The van der Waals surface area contributed by atoms with Gasteiger partial charge in [0.15, 0.2) is 0 Å². The van der Waals surface area contributed by atoms with Crippen LogP contribution in [0.5, 0.6) is 0 Å². The van der Waals surface area contributed by atoms with Gasteiger partial charge in [0.25, 0.3) is 0 Å². The van der Waals surface area contributed by atoms with E-state index in [1.807, 2.05) is 75.7 Å². The zero-order chi connectivity index (χ0) is 23.4. The minimum Gasteiger partial charge on any atom is -0.334 e. The highest BCUT2D eigenvalue weighted by Gasteiger charge is 2.27. The Kier molecular flexibility index (Phi) is 7.52. The summed E-state index contributed by atoms with van der Waals surface area (Å²) in [5.41, 5.74) is 1.47. The van der Waals surface area contributed by atoms with E-state index in [2.05, 4.69) is 31.4 Å². The van der Waals surface area contributed by atoms with E-state index < -0.39 is 0 Å². The molecule has 0 spiro atoms. The molecule has 2 aromatic rings. The molecule has 0 bridgehead atoms. The number of nitrogens with zero attached hydrogens (tertiary/aromatic N) is 3. The predicted octanol–water partition coefficient (Wildman–Crippen LogP) is 4.49. The molecule has 0 atom stereocenters. The standard InChI is InChI=1S/C24H37N5O2/c1-17(2)28(22(31)25-15-18-12-10-9-11-13-18)16-21(30)26-20-14-19(23(3,4)5)27-29(20)24(6,7)8/h9-14,17H,15-16H2,1-8H3,(H,25,31)(H,26,30). The highest BCUT2D eigenvalue weighted by atomic mass is 16.2. The Hall–Kier alpha value is -2.83. The minimum absolute atomic E-state index is 0.0432. The van der Waals surface area contributed by atoms with Crippen molar-refractivity contribution in [3.05, 3.63) is 47.7 Å². The van der Waals surface area contributed by atoms with Crippen LogP contribution in [0.4, 0.5) is 10.6 Å². The first-order chi connectivity index (χ1) is 14.3. The largest absolute Gasteiger partial charge is 0.334 e. The van der Waals surface area contributed by atoms with Crippen LogP contribution in [-0.4, -0.2) is 39.2 Å². The summed E-state index contributed by atoms with van der Waals surface area (Å²) in [4.78, 5) is 27.1. The van der Waals surface area contributed by atoms with Crippen molar-refractivity contribution in [2.45, 2.75) is 78.9 Å². The SMILES string of the molecule is CC(C)N(CC(=O)Nc1cc(C(C)(C)C)nn1C(C)(C)C)C(=O)NCc1ccccc1. The van der Waals surface area contributed by atoms with E-state index in [0.717, 1.165) is 11.3 Å². The van der Waals surface area contributed by atoms with E-state index in [1.165, 1.54) is 4.90 Å². The van der Waals surface area contributed by atoms with Gasteiger partial charge in [0, 0.05) is 24.1 Å². The molecule has 31 heavy (non-hydrogen) atoms. The van der Waals surface area contributed by atoms with Gasteiger partial charge < -0.3 is 15.5 Å². The van der Waals surface area contributed by atoms with Gasteiger partial charge in [-0.2, -0.15) is 5.10 Å². The maximum Gasteiger partial charge on any atom is 0.318 e. The van der Waals surface area contributed by atoms with Gasteiger partial charge in [-0.25, -0.2) is 9.48 Å². The van der Waals surface area contributed by atoms with Crippen molar-refractivity contribution in [2.24, 2.45) is 0 Å². The van der Waals surface area contributed by atoms with Crippen molar-refractivity contribution >= 4 is 17.8 Å². The lowest BCUT2D eigenvalue weighted by Gasteiger charge is -2.27. The molecule has 1 aromatic carbocycles. The van der Waals surface area contributed by atoms with Crippen LogP contribution < -0.4 is 10.6 Å². The van der Waals surface area contributed by atoms with Crippen molar-refractivity contribution in [2.75, 3.05) is 11.9 Å². The second-order valence-corrected chi connectivity index (χ2v) is 10.2. The second-order valence-electron chi connectivity index (χ2n) is 10.2. The topological polar surface area (TPSA) is 79.3 Å². The van der Waals surface area contributed by atoms with Crippen LogP contribution >= 0.6 is 0 Å². The Morgan fingerprint density at radius 2 is 1.68 bits per heavy atom. The fourth-order valence-corrected chi connectivity index (χ4v) is 3.05. The molecule has 7 heteroatoms. The van der Waals surface area contributed by atoms with Gasteiger partial charge in [0.05, 0.1) is 11.2 Å². The van der Waals surface area contributed by atoms with Crippen LogP contribution in [0.2, 0.25) is 0 Å². The van der Waals surface area contributed by atoms with Crippen LogP contribution in [0.3, 0.4) is 0 Å². The van der Waals surface area contributed by atoms with Gasteiger partial charge in [-0.15, -0.1) is 0 Å². The molecule has 2 N–H and O–H groups in total. The highest BCUT2D eigenvalue weighted by molar-refractivity contribution is 5.93. The lowest BCUT2D eigenvalue weighted by Crippen LogP contribution is -2.47. The zero-order valence-corrected chi connectivity index (χ0v) is 20.1. The minimum atomic E-state index is -0.295. The number of hydrogen-bond acceptors (Lipinski definition) is 3. The molecular weight excluding hydrogens is 390 g/mol. The number of carbonyl (C=O) groups is 2. The maximum atomic E-state index is 12.9. The summed E-state index contributed by atoms with van der Waals surface area (Å²) in [6.07, 6.45) is 0. The number of hydrogen-bond donors (Lipinski definition) is 2. The van der Waals surface area contributed by atoms with E-state index in [-0.39, 0.29) is 35.5 Å². The van der Waals surface area contributed by atoms with E-state index in [4.69, 9.17) is 5.10 Å². The number of urea groups is 1. The summed E-state index contributed by atoms with van der Waals surface area (Å²) in [5.74, 6) is 0.380. The molecule has 0 aliphatic heterocycles. The fraction of sp³-hybridized carbons (Fsp3) is 0.542. The normalized spacial score (nSPS) is 12.0. The molecule has 2 rings (SSSR count). The Bertz CT molecular complexity index is 889. The predicted molar refractivity (Wildman–Crippen MR) is 125 cm³/mol. The van der Waals surface area contributed by atoms with Crippen molar-refractivity contribution in [1.82, 2.24) is 20.0 Å². The maximum absolute atomic E-state index is 12.9. The summed E-state index contributed by atoms with van der Waals surface area (Å²) >= 11 is 0. The lowest BCUT2D eigenvalue weighted by molar-refractivity contribution is -0.117. The molecule has 0 aliphatic carbocycles. The van der Waals surface area contributed by atoms with E-state index in [9.17, 15) is 9.59 Å². The molecule has 0 fully saturated rings. The Morgan fingerprint density at radius 3 is 2.19 bits per heavy atom. The molecule has 0 aliphatic rings. The molecular formula is C24H37N5O2. The second kappa shape index (κ2) is 9.54. The number of anilines is 1. The summed E-state index contributed by atoms with van der Waals surface area (Å²) in [5, 5.41) is 10.6. The fourth-order valence-electron chi connectivity index (χ4n) is 3.05. The smallest absolute Gasteiger partial charge is 0.318 e. The van der Waals surface area contributed by atoms with Gasteiger partial charge in [0.2, 0.25) is 5.91 Å². The monoisotopic (exact) mass is 427 g/mol. The van der Waals surface area contributed by atoms with E-state index >= 15 is 0 Å². The van der Waals surface area contributed by atoms with Gasteiger partial charge >= 0.3 is 6.03 Å². The van der Waals surface area contributed by atoms with Crippen LogP contribution in [-0.2, 0) is 22.3 Å².